The van der Waals surface area contributed by atoms with E-state index in [1.807, 2.05) is 57.3 Å². The van der Waals surface area contributed by atoms with Gasteiger partial charge in [-0.3, -0.25) is 4.79 Å². The molecule has 2 N–H and O–H groups in total. The van der Waals surface area contributed by atoms with E-state index in [-0.39, 0.29) is 18.1 Å². The first kappa shape index (κ1) is 28.9. The van der Waals surface area contributed by atoms with Gasteiger partial charge in [0.15, 0.2) is 5.82 Å². The van der Waals surface area contributed by atoms with Gasteiger partial charge in [0.05, 0.1) is 18.3 Å². The first-order valence-corrected chi connectivity index (χ1v) is 14.3. The van der Waals surface area contributed by atoms with Crippen LogP contribution in [-0.2, 0) is 16.6 Å². The molecule has 1 amide bonds. The second-order valence-electron chi connectivity index (χ2n) is 11.2. The fourth-order valence-electron chi connectivity index (χ4n) is 5.21. The largest absolute Gasteiger partial charge is 0.457 e. The van der Waals surface area contributed by atoms with Gasteiger partial charge < -0.3 is 25.0 Å². The Morgan fingerprint density at radius 3 is 2.68 bits per heavy atom. The van der Waals surface area contributed by atoms with Crippen LogP contribution in [0.5, 0.6) is 11.5 Å². The van der Waals surface area contributed by atoms with Crippen molar-refractivity contribution in [1.29, 1.82) is 0 Å². The normalized spacial score (nSPS) is 14.5. The summed E-state index contributed by atoms with van der Waals surface area (Å²) in [6, 6.07) is 11.6. The number of benzene rings is 2. The maximum absolute atomic E-state index is 12.5. The molecule has 5 aromatic rings. The van der Waals surface area contributed by atoms with E-state index < -0.39 is 0 Å². The molecule has 0 spiro atoms. The van der Waals surface area contributed by atoms with E-state index in [9.17, 15) is 4.79 Å². The summed E-state index contributed by atoms with van der Waals surface area (Å²) in [5.41, 5.74) is 4.78. The van der Waals surface area contributed by atoms with Crippen molar-refractivity contribution in [2.45, 2.75) is 32.2 Å². The zero-order chi connectivity index (χ0) is 30.8. The quantitative estimate of drug-likeness (QED) is 0.237. The van der Waals surface area contributed by atoms with E-state index in [1.54, 1.807) is 18.0 Å². The number of hydrogen-bond acceptors (Lipinski definition) is 11. The first-order chi connectivity index (χ1) is 21.2. The average molecular weight is 595 g/mol. The molecule has 44 heavy (non-hydrogen) atoms. The monoisotopic (exact) mass is 594 g/mol. The van der Waals surface area contributed by atoms with Crippen LogP contribution in [-0.4, -0.2) is 73.2 Å². The highest BCUT2D eigenvalue weighted by atomic mass is 16.5. The lowest BCUT2D eigenvalue weighted by atomic mass is 9.89. The predicted molar refractivity (Wildman–Crippen MR) is 167 cm³/mol. The molecule has 6 rings (SSSR count). The Morgan fingerprint density at radius 2 is 1.91 bits per heavy atom. The molecule has 4 heterocycles. The Kier molecular flexibility index (Phi) is 7.78. The van der Waals surface area contributed by atoms with Gasteiger partial charge in [0, 0.05) is 50.1 Å². The summed E-state index contributed by atoms with van der Waals surface area (Å²) in [7, 11) is 3.40. The van der Waals surface area contributed by atoms with E-state index in [0.29, 0.717) is 47.2 Å². The maximum atomic E-state index is 12.5. The van der Waals surface area contributed by atoms with Gasteiger partial charge >= 0.3 is 0 Å². The van der Waals surface area contributed by atoms with Crippen molar-refractivity contribution < 1.29 is 14.3 Å². The lowest BCUT2D eigenvalue weighted by Crippen LogP contribution is -2.54. The molecule has 1 saturated heterocycles. The molecule has 226 valence electrons. The summed E-state index contributed by atoms with van der Waals surface area (Å²) < 4.78 is 12.9. The minimum atomic E-state index is -0.354. The second kappa shape index (κ2) is 11.8. The van der Waals surface area contributed by atoms with Crippen molar-refractivity contribution in [2.75, 3.05) is 37.0 Å². The van der Waals surface area contributed by atoms with Crippen LogP contribution >= 0.6 is 0 Å². The third-order valence-electron chi connectivity index (χ3n) is 7.82. The molecule has 0 atom stereocenters. The summed E-state index contributed by atoms with van der Waals surface area (Å²) in [4.78, 5) is 32.9. The highest BCUT2D eigenvalue weighted by Gasteiger charge is 2.33. The number of methoxy groups -OCH3 is 1. The highest BCUT2D eigenvalue weighted by molar-refractivity contribution is 5.93. The van der Waals surface area contributed by atoms with Crippen LogP contribution < -0.4 is 20.3 Å². The van der Waals surface area contributed by atoms with E-state index in [1.165, 1.54) is 6.33 Å². The molecule has 0 unspecified atom stereocenters. The standard InChI is InChI=1S/C31H34N10O3/c1-19-14-21(6-9-26(19)44-22-7-8-25-23(15-22)38-39-40(25)4)35-28-27-24(33-18-34-28)16-32-30(36-27)41-12-10-31(3,11-13-41)37-29(42)20(2)17-43-5/h6-9,14-16,18H,2,10-13,17H2,1,3-5H3,(H,37,42)(H,33,34,35). The number of anilines is 3. The van der Waals surface area contributed by atoms with Gasteiger partial charge in [0.25, 0.3) is 0 Å². The molecule has 13 heteroatoms. The highest BCUT2D eigenvalue weighted by Crippen LogP contribution is 2.31. The van der Waals surface area contributed by atoms with Gasteiger partial charge in [-0.05, 0) is 62.6 Å². The molecule has 0 saturated carbocycles. The second-order valence-corrected chi connectivity index (χ2v) is 11.2. The van der Waals surface area contributed by atoms with Crippen LogP contribution in [0.15, 0.2) is 61.1 Å². The minimum Gasteiger partial charge on any atom is -0.457 e. The number of rotatable bonds is 9. The number of aromatic nitrogens is 7. The van der Waals surface area contributed by atoms with E-state index in [0.717, 1.165) is 40.9 Å². The van der Waals surface area contributed by atoms with Crippen molar-refractivity contribution >= 4 is 45.4 Å². The van der Waals surface area contributed by atoms with Gasteiger partial charge in [0.2, 0.25) is 11.9 Å². The molecule has 1 aliphatic rings. The number of carbonyl (C=O) groups is 1. The van der Waals surface area contributed by atoms with Gasteiger partial charge in [-0.25, -0.2) is 24.6 Å². The number of nitrogens with one attached hydrogen (secondary N) is 2. The third-order valence-corrected chi connectivity index (χ3v) is 7.82. The summed E-state index contributed by atoms with van der Waals surface area (Å²) >= 11 is 0. The molecule has 1 fully saturated rings. The number of fused-ring (bicyclic) bond motifs is 2. The fourth-order valence-corrected chi connectivity index (χ4v) is 5.21. The predicted octanol–water partition coefficient (Wildman–Crippen LogP) is 4.22. The molecular formula is C31H34N10O3. The van der Waals surface area contributed by atoms with Crippen molar-refractivity contribution in [3.05, 3.63) is 66.6 Å². The van der Waals surface area contributed by atoms with Gasteiger partial charge in [-0.2, -0.15) is 0 Å². The maximum Gasteiger partial charge on any atom is 0.249 e. The van der Waals surface area contributed by atoms with Crippen molar-refractivity contribution in [2.24, 2.45) is 7.05 Å². The Labute approximate surface area is 254 Å². The van der Waals surface area contributed by atoms with Crippen molar-refractivity contribution in [3.63, 3.8) is 0 Å². The van der Waals surface area contributed by atoms with Crippen molar-refractivity contribution in [1.82, 2.24) is 40.2 Å². The molecule has 13 nitrogen and oxygen atoms in total. The number of piperidine rings is 1. The first-order valence-electron chi connectivity index (χ1n) is 14.3. The SMILES string of the molecule is C=C(COC)C(=O)NC1(C)CCN(c2ncc3ncnc(Nc4ccc(Oc5ccc6c(c5)nnn6C)c(C)c4)c3n2)CC1. The van der Waals surface area contributed by atoms with E-state index in [2.05, 4.69) is 47.4 Å². The number of aryl methyl sites for hydroxylation is 2. The Balaban J connectivity index is 1.15. The number of carbonyl (C=O) groups excluding carboxylic acids is 1. The van der Waals surface area contributed by atoms with Crippen LogP contribution in [0, 0.1) is 6.92 Å². The van der Waals surface area contributed by atoms with Gasteiger partial charge in [-0.1, -0.05) is 11.8 Å². The molecule has 0 radical (unpaired) electrons. The van der Waals surface area contributed by atoms with E-state index >= 15 is 0 Å². The van der Waals surface area contributed by atoms with Gasteiger partial charge in [-0.15, -0.1) is 5.10 Å². The Morgan fingerprint density at radius 1 is 1.09 bits per heavy atom. The zero-order valence-corrected chi connectivity index (χ0v) is 25.2. The van der Waals surface area contributed by atoms with E-state index in [4.69, 9.17) is 14.5 Å². The lowest BCUT2D eigenvalue weighted by molar-refractivity contribution is -0.119. The smallest absolute Gasteiger partial charge is 0.249 e. The summed E-state index contributed by atoms with van der Waals surface area (Å²) in [5, 5.41) is 14.7. The summed E-state index contributed by atoms with van der Waals surface area (Å²) in [5.74, 6) is 2.39. The summed E-state index contributed by atoms with van der Waals surface area (Å²) in [6.07, 6.45) is 4.67. The number of ether oxygens (including phenoxy) is 2. The molecule has 3 aromatic heterocycles. The van der Waals surface area contributed by atoms with Gasteiger partial charge in [0.1, 0.15) is 34.4 Å². The molecule has 0 bridgehead atoms. The average Bonchev–Trinajstić information content (AvgIpc) is 3.38. The number of hydrogen-bond donors (Lipinski definition) is 2. The van der Waals surface area contributed by atoms with Crippen LogP contribution in [0.4, 0.5) is 17.5 Å². The molecule has 2 aromatic carbocycles. The number of nitrogens with zero attached hydrogens (tertiary/aromatic N) is 8. The third kappa shape index (κ3) is 5.99. The zero-order valence-electron chi connectivity index (χ0n) is 25.2. The number of amides is 1. The van der Waals surface area contributed by atoms with Crippen LogP contribution in [0.3, 0.4) is 0 Å². The van der Waals surface area contributed by atoms with Crippen LogP contribution in [0.2, 0.25) is 0 Å². The lowest BCUT2D eigenvalue weighted by Gasteiger charge is -2.40. The Hall–Kier alpha value is -5.17. The van der Waals surface area contributed by atoms with Crippen LogP contribution in [0.25, 0.3) is 22.1 Å². The molecule has 1 aliphatic heterocycles. The molecule has 0 aliphatic carbocycles. The van der Waals surface area contributed by atoms with Crippen molar-refractivity contribution in [3.8, 4) is 11.5 Å². The topological polar surface area (TPSA) is 145 Å². The summed E-state index contributed by atoms with van der Waals surface area (Å²) in [6.45, 7) is 9.41. The minimum absolute atomic E-state index is 0.184. The fraction of sp³-hybridized carbons (Fsp3) is 0.323. The van der Waals surface area contributed by atoms with Crippen LogP contribution in [0.1, 0.15) is 25.3 Å². The Bertz CT molecular complexity index is 1860. The molecular weight excluding hydrogens is 560 g/mol.